The molecule has 0 aromatic carbocycles. The maximum absolute atomic E-state index is 4.74. The van der Waals surface area contributed by atoms with E-state index in [2.05, 4.69) is 43.7 Å². The molecule has 1 rings (SSSR count). The molecule has 1 heterocycles. The Morgan fingerprint density at radius 1 is 0.750 bits per heavy atom. The summed E-state index contributed by atoms with van der Waals surface area (Å²) in [5, 5.41) is 0. The molecule has 3 nitrogen and oxygen atoms in total. The third kappa shape index (κ3) is 8.37. The lowest BCUT2D eigenvalue weighted by molar-refractivity contribution is 0.675. The SMILES string of the molecule is CCCCCCN=C(C)c1cccc(C(C)=NCCCCCC)n1. The first-order valence-electron chi connectivity index (χ1n) is 9.69. The van der Waals surface area contributed by atoms with Crippen molar-refractivity contribution in [3.63, 3.8) is 0 Å². The third-order valence-corrected chi connectivity index (χ3v) is 4.21. The fourth-order valence-electron chi connectivity index (χ4n) is 2.57. The number of unbranched alkanes of at least 4 members (excludes halogenated alkanes) is 6. The van der Waals surface area contributed by atoms with E-state index in [1.54, 1.807) is 0 Å². The zero-order valence-corrected chi connectivity index (χ0v) is 16.1. The molecule has 0 N–H and O–H groups in total. The highest BCUT2D eigenvalue weighted by molar-refractivity contribution is 6.00. The molecule has 1 aromatic heterocycles. The van der Waals surface area contributed by atoms with E-state index in [1.807, 2.05) is 12.1 Å². The van der Waals surface area contributed by atoms with Crippen molar-refractivity contribution in [2.24, 2.45) is 9.98 Å². The average Bonchev–Trinajstić information content (AvgIpc) is 2.61. The largest absolute Gasteiger partial charge is 0.288 e. The summed E-state index contributed by atoms with van der Waals surface area (Å²) in [7, 11) is 0. The number of hydrogen-bond acceptors (Lipinski definition) is 3. The molecule has 0 fully saturated rings. The van der Waals surface area contributed by atoms with Gasteiger partial charge in [0.1, 0.15) is 0 Å². The van der Waals surface area contributed by atoms with Gasteiger partial charge in [0, 0.05) is 13.1 Å². The number of nitrogens with zero attached hydrogens (tertiary/aromatic N) is 3. The van der Waals surface area contributed by atoms with E-state index in [4.69, 9.17) is 4.98 Å². The zero-order chi connectivity index (χ0) is 17.6. The van der Waals surface area contributed by atoms with Crippen molar-refractivity contribution in [3.05, 3.63) is 29.6 Å². The molecular formula is C21H35N3. The fraction of sp³-hybridized carbons (Fsp3) is 0.667. The minimum Gasteiger partial charge on any atom is -0.288 e. The van der Waals surface area contributed by atoms with E-state index >= 15 is 0 Å². The second-order valence-electron chi connectivity index (χ2n) is 6.46. The maximum atomic E-state index is 4.74. The van der Waals surface area contributed by atoms with Gasteiger partial charge in [0.25, 0.3) is 0 Å². The van der Waals surface area contributed by atoms with Crippen LogP contribution in [0.1, 0.15) is 90.4 Å². The van der Waals surface area contributed by atoms with Gasteiger partial charge in [0.2, 0.25) is 0 Å². The van der Waals surface area contributed by atoms with Gasteiger partial charge in [-0.15, -0.1) is 0 Å². The molecule has 0 atom stereocenters. The fourth-order valence-corrected chi connectivity index (χ4v) is 2.57. The summed E-state index contributed by atoms with van der Waals surface area (Å²) >= 11 is 0. The van der Waals surface area contributed by atoms with Crippen LogP contribution in [0.2, 0.25) is 0 Å². The van der Waals surface area contributed by atoms with E-state index in [0.29, 0.717) is 0 Å². The van der Waals surface area contributed by atoms with Crippen molar-refractivity contribution in [2.45, 2.75) is 79.1 Å². The Balaban J connectivity index is 2.58. The van der Waals surface area contributed by atoms with Crippen molar-refractivity contribution in [1.29, 1.82) is 0 Å². The van der Waals surface area contributed by atoms with Crippen LogP contribution in [0.15, 0.2) is 28.2 Å². The van der Waals surface area contributed by atoms with Gasteiger partial charge >= 0.3 is 0 Å². The zero-order valence-electron chi connectivity index (χ0n) is 16.1. The number of rotatable bonds is 12. The summed E-state index contributed by atoms with van der Waals surface area (Å²) in [6.45, 7) is 10.4. The highest BCUT2D eigenvalue weighted by Gasteiger charge is 2.03. The first-order chi connectivity index (χ1) is 11.7. The smallest absolute Gasteiger partial charge is 0.0845 e. The number of hydrogen-bond donors (Lipinski definition) is 0. The van der Waals surface area contributed by atoms with Crippen molar-refractivity contribution in [3.8, 4) is 0 Å². The van der Waals surface area contributed by atoms with Crippen LogP contribution in [0.4, 0.5) is 0 Å². The molecule has 24 heavy (non-hydrogen) atoms. The normalized spacial score (nSPS) is 12.7. The van der Waals surface area contributed by atoms with Crippen LogP contribution in [0.5, 0.6) is 0 Å². The van der Waals surface area contributed by atoms with E-state index in [0.717, 1.165) is 35.9 Å². The Kier molecular flexibility index (Phi) is 11.0. The molecule has 134 valence electrons. The molecule has 0 aliphatic heterocycles. The molecular weight excluding hydrogens is 294 g/mol. The molecule has 0 amide bonds. The predicted molar refractivity (Wildman–Crippen MR) is 107 cm³/mol. The van der Waals surface area contributed by atoms with Crippen molar-refractivity contribution >= 4 is 11.4 Å². The van der Waals surface area contributed by atoms with Crippen LogP contribution < -0.4 is 0 Å². The monoisotopic (exact) mass is 329 g/mol. The third-order valence-electron chi connectivity index (χ3n) is 4.21. The van der Waals surface area contributed by atoms with Crippen LogP contribution in [0, 0.1) is 0 Å². The van der Waals surface area contributed by atoms with Gasteiger partial charge in [-0.25, -0.2) is 4.98 Å². The molecule has 1 aromatic rings. The molecule has 0 spiro atoms. The van der Waals surface area contributed by atoms with E-state index in [-0.39, 0.29) is 0 Å². The Hall–Kier alpha value is -1.51. The minimum absolute atomic E-state index is 0.905. The maximum Gasteiger partial charge on any atom is 0.0845 e. The first-order valence-corrected chi connectivity index (χ1v) is 9.69. The quantitative estimate of drug-likeness (QED) is 0.349. The van der Waals surface area contributed by atoms with Crippen molar-refractivity contribution in [1.82, 2.24) is 4.98 Å². The topological polar surface area (TPSA) is 37.6 Å². The van der Waals surface area contributed by atoms with Gasteiger partial charge in [-0.2, -0.15) is 0 Å². The summed E-state index contributed by atoms with van der Waals surface area (Å²) in [4.78, 5) is 14.1. The highest BCUT2D eigenvalue weighted by Crippen LogP contribution is 2.06. The molecule has 0 saturated carbocycles. The lowest BCUT2D eigenvalue weighted by atomic mass is 10.2. The van der Waals surface area contributed by atoms with Gasteiger partial charge < -0.3 is 0 Å². The van der Waals surface area contributed by atoms with E-state index < -0.39 is 0 Å². The molecule has 0 unspecified atom stereocenters. The lowest BCUT2D eigenvalue weighted by Crippen LogP contribution is -2.06. The molecule has 0 bridgehead atoms. The van der Waals surface area contributed by atoms with Gasteiger partial charge in [-0.1, -0.05) is 58.4 Å². The average molecular weight is 330 g/mol. The Morgan fingerprint density at radius 2 is 1.21 bits per heavy atom. The van der Waals surface area contributed by atoms with Crippen molar-refractivity contribution < 1.29 is 0 Å². The standard InChI is InChI=1S/C21H35N3/c1-5-7-9-11-16-22-18(3)20-14-13-15-21(24-20)19(4)23-17-12-10-8-6-2/h13-15H,5-12,16-17H2,1-4H3. The second kappa shape index (κ2) is 12.9. The van der Waals surface area contributed by atoms with Crippen molar-refractivity contribution in [2.75, 3.05) is 13.1 Å². The summed E-state index contributed by atoms with van der Waals surface area (Å²) in [6, 6.07) is 6.15. The summed E-state index contributed by atoms with van der Waals surface area (Å²) in [6.07, 6.45) is 10.0. The van der Waals surface area contributed by atoms with Crippen LogP contribution in [-0.2, 0) is 0 Å². The lowest BCUT2D eigenvalue weighted by Gasteiger charge is -2.05. The summed E-state index contributed by atoms with van der Waals surface area (Å²) in [5.41, 5.74) is 4.01. The van der Waals surface area contributed by atoms with Crippen LogP contribution in [0.3, 0.4) is 0 Å². The molecule has 0 aliphatic rings. The number of pyridine rings is 1. The Bertz CT molecular complexity index is 474. The summed E-state index contributed by atoms with van der Waals surface area (Å²) in [5.74, 6) is 0. The molecule has 0 saturated heterocycles. The highest BCUT2D eigenvalue weighted by atomic mass is 14.8. The Morgan fingerprint density at radius 3 is 1.62 bits per heavy atom. The molecule has 3 heteroatoms. The molecule has 0 radical (unpaired) electrons. The van der Waals surface area contributed by atoms with Crippen LogP contribution in [0.25, 0.3) is 0 Å². The van der Waals surface area contributed by atoms with E-state index in [9.17, 15) is 0 Å². The van der Waals surface area contributed by atoms with Crippen LogP contribution in [-0.4, -0.2) is 29.5 Å². The minimum atomic E-state index is 0.905. The number of aliphatic imine (C=N–C) groups is 2. The Labute approximate surface area is 148 Å². The van der Waals surface area contributed by atoms with Gasteiger partial charge in [0.15, 0.2) is 0 Å². The predicted octanol–water partition coefficient (Wildman–Crippen LogP) is 5.86. The second-order valence-corrected chi connectivity index (χ2v) is 6.46. The van der Waals surface area contributed by atoms with Gasteiger partial charge in [-0.3, -0.25) is 9.98 Å². The van der Waals surface area contributed by atoms with Crippen LogP contribution >= 0.6 is 0 Å². The number of aromatic nitrogens is 1. The van der Waals surface area contributed by atoms with E-state index in [1.165, 1.54) is 51.4 Å². The van der Waals surface area contributed by atoms with Gasteiger partial charge in [-0.05, 0) is 38.8 Å². The summed E-state index contributed by atoms with van der Waals surface area (Å²) < 4.78 is 0. The molecule has 0 aliphatic carbocycles. The first kappa shape index (κ1) is 20.5. The van der Waals surface area contributed by atoms with Gasteiger partial charge in [0.05, 0.1) is 22.8 Å².